The summed E-state index contributed by atoms with van der Waals surface area (Å²) >= 11 is 5.98. The first kappa shape index (κ1) is 12.9. The van der Waals surface area contributed by atoms with Crippen molar-refractivity contribution < 1.29 is 9.53 Å². The van der Waals surface area contributed by atoms with Crippen molar-refractivity contribution in [1.82, 2.24) is 0 Å². The molecular formula is C13H13ClN2O2. The van der Waals surface area contributed by atoms with E-state index in [0.717, 1.165) is 19.3 Å². The number of benzene rings is 1. The second kappa shape index (κ2) is 5.85. The van der Waals surface area contributed by atoms with E-state index in [9.17, 15) is 4.79 Å². The Balaban J connectivity index is 2.04. The lowest BCUT2D eigenvalue weighted by molar-refractivity contribution is -0.129. The van der Waals surface area contributed by atoms with Gasteiger partial charge in [-0.25, -0.2) is 0 Å². The predicted octanol–water partition coefficient (Wildman–Crippen LogP) is 2.72. The molecule has 0 radical (unpaired) electrons. The Bertz CT molecular complexity index is 490. The lowest BCUT2D eigenvalue weighted by atomic mass is 10.1. The molecule has 0 aliphatic carbocycles. The Kier molecular flexibility index (Phi) is 4.19. The van der Waals surface area contributed by atoms with Gasteiger partial charge in [0, 0.05) is 6.61 Å². The Morgan fingerprint density at radius 3 is 2.94 bits per heavy atom. The van der Waals surface area contributed by atoms with Crippen molar-refractivity contribution in [2.75, 3.05) is 11.9 Å². The smallest absolute Gasteiger partial charge is 0.253 e. The Morgan fingerprint density at radius 1 is 1.50 bits per heavy atom. The first-order valence-corrected chi connectivity index (χ1v) is 6.20. The van der Waals surface area contributed by atoms with Crippen molar-refractivity contribution in [3.05, 3.63) is 28.8 Å². The molecule has 4 nitrogen and oxygen atoms in total. The van der Waals surface area contributed by atoms with Gasteiger partial charge in [-0.05, 0) is 37.5 Å². The van der Waals surface area contributed by atoms with Crippen molar-refractivity contribution >= 4 is 23.2 Å². The minimum atomic E-state index is -0.398. The highest BCUT2D eigenvalue weighted by Gasteiger charge is 2.22. The first-order chi connectivity index (χ1) is 8.70. The maximum Gasteiger partial charge on any atom is 0.253 e. The molecule has 1 aliphatic heterocycles. The standard InChI is InChI=1S/C13H13ClN2O2/c14-10-7-9(8-15)4-5-11(10)16-13(17)12-3-1-2-6-18-12/h4-5,7,12H,1-3,6H2,(H,16,17). The zero-order valence-electron chi connectivity index (χ0n) is 9.78. The Hall–Kier alpha value is -1.57. The fourth-order valence-electron chi connectivity index (χ4n) is 1.85. The minimum absolute atomic E-state index is 0.179. The number of nitrogens with zero attached hydrogens (tertiary/aromatic N) is 1. The predicted molar refractivity (Wildman–Crippen MR) is 68.4 cm³/mol. The number of ether oxygens (including phenoxy) is 1. The maximum absolute atomic E-state index is 11.9. The van der Waals surface area contributed by atoms with Gasteiger partial charge in [0.1, 0.15) is 6.10 Å². The molecule has 0 bridgehead atoms. The van der Waals surface area contributed by atoms with Gasteiger partial charge in [0.05, 0.1) is 22.3 Å². The van der Waals surface area contributed by atoms with E-state index >= 15 is 0 Å². The SMILES string of the molecule is N#Cc1ccc(NC(=O)C2CCCCO2)c(Cl)c1. The van der Waals surface area contributed by atoms with Gasteiger partial charge in [0.15, 0.2) is 0 Å². The largest absolute Gasteiger partial charge is 0.368 e. The molecule has 94 valence electrons. The summed E-state index contributed by atoms with van der Waals surface area (Å²) in [5, 5.41) is 11.8. The summed E-state index contributed by atoms with van der Waals surface area (Å²) < 4.78 is 5.39. The fraction of sp³-hybridized carbons (Fsp3) is 0.385. The van der Waals surface area contributed by atoms with Crippen LogP contribution in [0.3, 0.4) is 0 Å². The van der Waals surface area contributed by atoms with Crippen molar-refractivity contribution in [3.8, 4) is 6.07 Å². The molecule has 1 N–H and O–H groups in total. The zero-order chi connectivity index (χ0) is 13.0. The van der Waals surface area contributed by atoms with E-state index in [1.807, 2.05) is 6.07 Å². The Labute approximate surface area is 111 Å². The van der Waals surface area contributed by atoms with Crippen LogP contribution in [0.1, 0.15) is 24.8 Å². The van der Waals surface area contributed by atoms with E-state index in [1.165, 1.54) is 6.07 Å². The van der Waals surface area contributed by atoms with Crippen LogP contribution in [0.4, 0.5) is 5.69 Å². The van der Waals surface area contributed by atoms with E-state index in [-0.39, 0.29) is 5.91 Å². The molecule has 0 aromatic heterocycles. The molecule has 1 saturated heterocycles. The van der Waals surface area contributed by atoms with Crippen LogP contribution in [-0.2, 0) is 9.53 Å². The van der Waals surface area contributed by atoms with Crippen molar-refractivity contribution in [2.45, 2.75) is 25.4 Å². The van der Waals surface area contributed by atoms with Crippen LogP contribution in [0.5, 0.6) is 0 Å². The molecule has 1 atom stereocenters. The quantitative estimate of drug-likeness (QED) is 0.893. The number of nitrogens with one attached hydrogen (secondary N) is 1. The molecule has 5 heteroatoms. The molecule has 0 saturated carbocycles. The van der Waals surface area contributed by atoms with Crippen LogP contribution < -0.4 is 5.32 Å². The van der Waals surface area contributed by atoms with Gasteiger partial charge < -0.3 is 10.1 Å². The van der Waals surface area contributed by atoms with E-state index in [0.29, 0.717) is 22.9 Å². The van der Waals surface area contributed by atoms with Gasteiger partial charge in [-0.2, -0.15) is 5.26 Å². The number of hydrogen-bond acceptors (Lipinski definition) is 3. The second-order valence-electron chi connectivity index (χ2n) is 4.15. The normalized spacial score (nSPS) is 19.0. The molecule has 1 fully saturated rings. The fourth-order valence-corrected chi connectivity index (χ4v) is 2.07. The summed E-state index contributed by atoms with van der Waals surface area (Å²) in [6, 6.07) is 6.76. The monoisotopic (exact) mass is 264 g/mol. The molecule has 0 spiro atoms. The zero-order valence-corrected chi connectivity index (χ0v) is 10.5. The number of carbonyl (C=O) groups is 1. The molecule has 2 rings (SSSR count). The van der Waals surface area contributed by atoms with E-state index in [4.69, 9.17) is 21.6 Å². The maximum atomic E-state index is 11.9. The van der Waals surface area contributed by atoms with E-state index < -0.39 is 6.10 Å². The highest BCUT2D eigenvalue weighted by atomic mass is 35.5. The minimum Gasteiger partial charge on any atom is -0.368 e. The van der Waals surface area contributed by atoms with Crippen LogP contribution in [0.15, 0.2) is 18.2 Å². The molecule has 1 amide bonds. The molecule has 1 aliphatic rings. The van der Waals surface area contributed by atoms with Crippen LogP contribution in [0.2, 0.25) is 5.02 Å². The third-order valence-electron chi connectivity index (χ3n) is 2.83. The van der Waals surface area contributed by atoms with E-state index in [1.54, 1.807) is 12.1 Å². The topological polar surface area (TPSA) is 62.1 Å². The lowest BCUT2D eigenvalue weighted by Crippen LogP contribution is -2.33. The lowest BCUT2D eigenvalue weighted by Gasteiger charge is -2.21. The van der Waals surface area contributed by atoms with Gasteiger partial charge in [0.25, 0.3) is 5.91 Å². The van der Waals surface area contributed by atoms with Crippen LogP contribution >= 0.6 is 11.6 Å². The van der Waals surface area contributed by atoms with E-state index in [2.05, 4.69) is 5.32 Å². The number of rotatable bonds is 2. The third kappa shape index (κ3) is 3.00. The average molecular weight is 265 g/mol. The van der Waals surface area contributed by atoms with Crippen LogP contribution in [0.25, 0.3) is 0 Å². The summed E-state index contributed by atoms with van der Waals surface area (Å²) in [4.78, 5) is 11.9. The molecular weight excluding hydrogens is 252 g/mol. The summed E-state index contributed by atoms with van der Waals surface area (Å²) in [6.45, 7) is 0.624. The van der Waals surface area contributed by atoms with Gasteiger partial charge in [-0.15, -0.1) is 0 Å². The summed E-state index contributed by atoms with van der Waals surface area (Å²) in [5.41, 5.74) is 0.974. The average Bonchev–Trinajstić information content (AvgIpc) is 2.42. The number of amides is 1. The highest BCUT2D eigenvalue weighted by Crippen LogP contribution is 2.24. The summed E-state index contributed by atoms with van der Waals surface area (Å²) in [7, 11) is 0. The molecule has 1 unspecified atom stereocenters. The molecule has 1 aromatic carbocycles. The van der Waals surface area contributed by atoms with Gasteiger partial charge in [-0.1, -0.05) is 11.6 Å². The van der Waals surface area contributed by atoms with Crippen molar-refractivity contribution in [2.24, 2.45) is 0 Å². The first-order valence-electron chi connectivity index (χ1n) is 5.83. The van der Waals surface area contributed by atoms with Crippen LogP contribution in [0, 0.1) is 11.3 Å². The number of anilines is 1. The molecule has 1 aromatic rings. The second-order valence-corrected chi connectivity index (χ2v) is 4.56. The third-order valence-corrected chi connectivity index (χ3v) is 3.14. The summed E-state index contributed by atoms with van der Waals surface area (Å²) in [6.07, 6.45) is 2.34. The van der Waals surface area contributed by atoms with Crippen molar-refractivity contribution in [3.63, 3.8) is 0 Å². The highest BCUT2D eigenvalue weighted by molar-refractivity contribution is 6.33. The molecule has 1 heterocycles. The number of hydrogen-bond donors (Lipinski definition) is 1. The van der Waals surface area contributed by atoms with Crippen molar-refractivity contribution in [1.29, 1.82) is 5.26 Å². The van der Waals surface area contributed by atoms with Gasteiger partial charge >= 0.3 is 0 Å². The van der Waals surface area contributed by atoms with Crippen LogP contribution in [-0.4, -0.2) is 18.6 Å². The number of halogens is 1. The Morgan fingerprint density at radius 2 is 2.33 bits per heavy atom. The number of carbonyl (C=O) groups excluding carboxylic acids is 1. The molecule has 18 heavy (non-hydrogen) atoms. The summed E-state index contributed by atoms with van der Waals surface area (Å²) in [5.74, 6) is -0.179. The van der Waals surface area contributed by atoms with Gasteiger partial charge in [0.2, 0.25) is 0 Å². The number of nitriles is 1. The van der Waals surface area contributed by atoms with Gasteiger partial charge in [-0.3, -0.25) is 4.79 Å².